The molecule has 3 nitrogen and oxygen atoms in total. The standard InChI is InChI=1S/C11H22N2O/c1-10-9-12(2)4-3-11(10)13-5-7-14-8-6-13/h10-11H,3-9H2,1-2H3. The summed E-state index contributed by atoms with van der Waals surface area (Å²) < 4.78 is 5.39. The van der Waals surface area contributed by atoms with Crippen LogP contribution >= 0.6 is 0 Å². The van der Waals surface area contributed by atoms with Gasteiger partial charge in [-0.1, -0.05) is 6.92 Å². The van der Waals surface area contributed by atoms with Crippen molar-refractivity contribution in [2.75, 3.05) is 46.4 Å². The Labute approximate surface area is 87.0 Å². The molecule has 0 spiro atoms. The van der Waals surface area contributed by atoms with Crippen LogP contribution in [0.2, 0.25) is 0 Å². The molecule has 0 aliphatic carbocycles. The SMILES string of the molecule is CC1CN(C)CCC1N1CCOCC1. The molecule has 0 bridgehead atoms. The molecule has 0 N–H and O–H groups in total. The molecule has 2 unspecified atom stereocenters. The van der Waals surface area contributed by atoms with Gasteiger partial charge in [0.25, 0.3) is 0 Å². The Hall–Kier alpha value is -0.120. The monoisotopic (exact) mass is 198 g/mol. The van der Waals surface area contributed by atoms with Gasteiger partial charge < -0.3 is 9.64 Å². The molecule has 0 aromatic carbocycles. The highest BCUT2D eigenvalue weighted by atomic mass is 16.5. The van der Waals surface area contributed by atoms with Gasteiger partial charge in [-0.2, -0.15) is 0 Å². The third kappa shape index (κ3) is 2.27. The van der Waals surface area contributed by atoms with E-state index in [1.54, 1.807) is 0 Å². The van der Waals surface area contributed by atoms with E-state index in [1.807, 2.05) is 0 Å². The fraction of sp³-hybridized carbons (Fsp3) is 1.00. The van der Waals surface area contributed by atoms with Gasteiger partial charge in [0.05, 0.1) is 13.2 Å². The lowest BCUT2D eigenvalue weighted by Gasteiger charge is -2.43. The van der Waals surface area contributed by atoms with E-state index in [9.17, 15) is 0 Å². The number of hydrogen-bond acceptors (Lipinski definition) is 3. The molecule has 2 fully saturated rings. The van der Waals surface area contributed by atoms with E-state index in [0.29, 0.717) is 0 Å². The minimum Gasteiger partial charge on any atom is -0.379 e. The van der Waals surface area contributed by atoms with Gasteiger partial charge in [0.2, 0.25) is 0 Å². The van der Waals surface area contributed by atoms with Crippen molar-refractivity contribution < 1.29 is 4.74 Å². The maximum Gasteiger partial charge on any atom is 0.0594 e. The Balaban J connectivity index is 1.89. The first-order chi connectivity index (χ1) is 6.77. The van der Waals surface area contributed by atoms with Crippen LogP contribution in [0, 0.1) is 5.92 Å². The topological polar surface area (TPSA) is 15.7 Å². The lowest BCUT2D eigenvalue weighted by molar-refractivity contribution is -0.0132. The average molecular weight is 198 g/mol. The predicted molar refractivity (Wildman–Crippen MR) is 57.5 cm³/mol. The number of rotatable bonds is 1. The van der Waals surface area contributed by atoms with Gasteiger partial charge in [0.1, 0.15) is 0 Å². The highest BCUT2D eigenvalue weighted by Crippen LogP contribution is 2.21. The number of morpholine rings is 1. The zero-order chi connectivity index (χ0) is 9.97. The lowest BCUT2D eigenvalue weighted by Crippen LogP contribution is -2.52. The second kappa shape index (κ2) is 4.60. The second-order valence-electron chi connectivity index (χ2n) is 4.74. The Morgan fingerprint density at radius 3 is 2.50 bits per heavy atom. The third-order valence-electron chi connectivity index (χ3n) is 3.58. The van der Waals surface area contributed by atoms with E-state index in [2.05, 4.69) is 23.8 Å². The van der Waals surface area contributed by atoms with Crippen molar-refractivity contribution in [3.63, 3.8) is 0 Å². The Bertz CT molecular complexity index is 180. The molecule has 0 radical (unpaired) electrons. The van der Waals surface area contributed by atoms with Crippen LogP contribution in [-0.2, 0) is 4.74 Å². The quantitative estimate of drug-likeness (QED) is 0.615. The van der Waals surface area contributed by atoms with Gasteiger partial charge in [-0.3, -0.25) is 4.90 Å². The van der Waals surface area contributed by atoms with Crippen LogP contribution in [0.5, 0.6) is 0 Å². The number of ether oxygens (including phenoxy) is 1. The summed E-state index contributed by atoms with van der Waals surface area (Å²) in [6, 6.07) is 0.801. The van der Waals surface area contributed by atoms with Crippen molar-refractivity contribution in [1.82, 2.24) is 9.80 Å². The molecule has 2 aliphatic heterocycles. The molecule has 0 amide bonds. The van der Waals surface area contributed by atoms with Gasteiger partial charge in [0.15, 0.2) is 0 Å². The molecular weight excluding hydrogens is 176 g/mol. The molecule has 2 heterocycles. The highest BCUT2D eigenvalue weighted by Gasteiger charge is 2.29. The second-order valence-corrected chi connectivity index (χ2v) is 4.74. The summed E-state index contributed by atoms with van der Waals surface area (Å²) in [6.07, 6.45) is 1.33. The van der Waals surface area contributed by atoms with Crippen molar-refractivity contribution in [3.05, 3.63) is 0 Å². The lowest BCUT2D eigenvalue weighted by atomic mass is 9.92. The molecule has 2 aliphatic rings. The Kier molecular flexibility index (Phi) is 3.42. The fourth-order valence-electron chi connectivity index (χ4n) is 2.79. The molecule has 3 heteroatoms. The smallest absolute Gasteiger partial charge is 0.0594 e. The Morgan fingerprint density at radius 2 is 1.86 bits per heavy atom. The van der Waals surface area contributed by atoms with Gasteiger partial charge in [0, 0.05) is 25.7 Å². The molecule has 82 valence electrons. The maximum absolute atomic E-state index is 5.39. The molecule has 2 rings (SSSR count). The van der Waals surface area contributed by atoms with E-state index in [1.165, 1.54) is 19.5 Å². The molecule has 14 heavy (non-hydrogen) atoms. The van der Waals surface area contributed by atoms with Crippen LogP contribution in [0.25, 0.3) is 0 Å². The van der Waals surface area contributed by atoms with Gasteiger partial charge in [-0.05, 0) is 25.9 Å². The number of likely N-dealkylation sites (tertiary alicyclic amines) is 1. The first kappa shape index (κ1) is 10.4. The minimum absolute atomic E-state index is 0.801. The van der Waals surface area contributed by atoms with Crippen molar-refractivity contribution >= 4 is 0 Å². The predicted octanol–water partition coefficient (Wildman–Crippen LogP) is 0.659. The van der Waals surface area contributed by atoms with E-state index < -0.39 is 0 Å². The fourth-order valence-corrected chi connectivity index (χ4v) is 2.79. The van der Waals surface area contributed by atoms with E-state index in [4.69, 9.17) is 4.74 Å². The molecular formula is C11H22N2O. The molecule has 0 aromatic rings. The molecule has 0 saturated carbocycles. The van der Waals surface area contributed by atoms with Crippen LogP contribution in [-0.4, -0.2) is 62.3 Å². The summed E-state index contributed by atoms with van der Waals surface area (Å²) in [4.78, 5) is 5.07. The summed E-state index contributed by atoms with van der Waals surface area (Å²) in [5.41, 5.74) is 0. The van der Waals surface area contributed by atoms with Crippen molar-refractivity contribution in [1.29, 1.82) is 0 Å². The van der Waals surface area contributed by atoms with E-state index >= 15 is 0 Å². The Morgan fingerprint density at radius 1 is 1.14 bits per heavy atom. The number of hydrogen-bond donors (Lipinski definition) is 0. The van der Waals surface area contributed by atoms with Crippen molar-refractivity contribution in [3.8, 4) is 0 Å². The summed E-state index contributed by atoms with van der Waals surface area (Å²) in [6.45, 7) is 9.03. The third-order valence-corrected chi connectivity index (χ3v) is 3.58. The van der Waals surface area contributed by atoms with Crippen LogP contribution in [0.3, 0.4) is 0 Å². The zero-order valence-electron chi connectivity index (χ0n) is 9.41. The highest BCUT2D eigenvalue weighted by molar-refractivity contribution is 4.84. The largest absolute Gasteiger partial charge is 0.379 e. The number of nitrogens with zero attached hydrogens (tertiary/aromatic N) is 2. The summed E-state index contributed by atoms with van der Waals surface area (Å²) in [5.74, 6) is 0.812. The normalized spacial score (nSPS) is 37.3. The van der Waals surface area contributed by atoms with E-state index in [0.717, 1.165) is 38.3 Å². The summed E-state index contributed by atoms with van der Waals surface area (Å²) >= 11 is 0. The van der Waals surface area contributed by atoms with Gasteiger partial charge in [-0.15, -0.1) is 0 Å². The first-order valence-electron chi connectivity index (χ1n) is 5.77. The minimum atomic E-state index is 0.801. The summed E-state index contributed by atoms with van der Waals surface area (Å²) in [5, 5.41) is 0. The molecule has 2 atom stereocenters. The van der Waals surface area contributed by atoms with Crippen LogP contribution in [0.4, 0.5) is 0 Å². The van der Waals surface area contributed by atoms with E-state index in [-0.39, 0.29) is 0 Å². The van der Waals surface area contributed by atoms with Gasteiger partial charge >= 0.3 is 0 Å². The molecule has 0 aromatic heterocycles. The van der Waals surface area contributed by atoms with Crippen LogP contribution < -0.4 is 0 Å². The summed E-state index contributed by atoms with van der Waals surface area (Å²) in [7, 11) is 2.23. The zero-order valence-corrected chi connectivity index (χ0v) is 9.41. The molecule has 2 saturated heterocycles. The van der Waals surface area contributed by atoms with Crippen LogP contribution in [0.1, 0.15) is 13.3 Å². The number of piperidine rings is 1. The van der Waals surface area contributed by atoms with Crippen LogP contribution in [0.15, 0.2) is 0 Å². The van der Waals surface area contributed by atoms with Crippen molar-refractivity contribution in [2.24, 2.45) is 5.92 Å². The average Bonchev–Trinajstić information content (AvgIpc) is 2.19. The van der Waals surface area contributed by atoms with Crippen molar-refractivity contribution in [2.45, 2.75) is 19.4 Å². The maximum atomic E-state index is 5.39. The van der Waals surface area contributed by atoms with Gasteiger partial charge in [-0.25, -0.2) is 0 Å². The first-order valence-corrected chi connectivity index (χ1v) is 5.77.